The summed E-state index contributed by atoms with van der Waals surface area (Å²) < 4.78 is 5.70. The lowest BCUT2D eigenvalue weighted by Crippen LogP contribution is -2.24. The van der Waals surface area contributed by atoms with Crippen LogP contribution in [0.3, 0.4) is 0 Å². The summed E-state index contributed by atoms with van der Waals surface area (Å²) in [6.45, 7) is 0. The molecule has 0 saturated heterocycles. The summed E-state index contributed by atoms with van der Waals surface area (Å²) in [5, 5.41) is 5.22. The number of nitrogens with zero attached hydrogens (tertiary/aromatic N) is 1. The molecule has 0 aliphatic carbocycles. The fourth-order valence-electron chi connectivity index (χ4n) is 1.92. The zero-order valence-electron chi connectivity index (χ0n) is 10.9. The minimum Gasteiger partial charge on any atom is -0.436 e. The number of aromatic nitrogens is 1. The monoisotopic (exact) mass is 267 g/mol. The van der Waals surface area contributed by atoms with Gasteiger partial charge in [-0.3, -0.25) is 0 Å². The van der Waals surface area contributed by atoms with Gasteiger partial charge in [-0.2, -0.15) is 0 Å². The minimum absolute atomic E-state index is 0.264. The van der Waals surface area contributed by atoms with Gasteiger partial charge in [-0.15, -0.1) is 0 Å². The van der Waals surface area contributed by atoms with Crippen LogP contribution in [0.1, 0.15) is 0 Å². The number of amides is 2. The van der Waals surface area contributed by atoms with E-state index in [4.69, 9.17) is 4.42 Å². The third-order valence-electron chi connectivity index (χ3n) is 2.89. The number of rotatable bonds is 2. The van der Waals surface area contributed by atoms with Crippen molar-refractivity contribution >= 4 is 22.8 Å². The van der Waals surface area contributed by atoms with Crippen molar-refractivity contribution in [2.24, 2.45) is 0 Å². The van der Waals surface area contributed by atoms with E-state index < -0.39 is 0 Å². The largest absolute Gasteiger partial charge is 0.436 e. The molecule has 0 atom stereocenters. The van der Waals surface area contributed by atoms with Gasteiger partial charge in [0.05, 0.1) is 0 Å². The van der Waals surface area contributed by atoms with Gasteiger partial charge in [0.1, 0.15) is 5.52 Å². The maximum atomic E-state index is 11.3. The molecule has 5 heteroatoms. The molecule has 1 heterocycles. The van der Waals surface area contributed by atoms with Crippen molar-refractivity contribution in [3.05, 3.63) is 48.5 Å². The van der Waals surface area contributed by atoms with Crippen molar-refractivity contribution in [1.82, 2.24) is 10.3 Å². The van der Waals surface area contributed by atoms with Gasteiger partial charge >= 0.3 is 6.03 Å². The van der Waals surface area contributed by atoms with Crippen LogP contribution in [0.25, 0.3) is 22.6 Å². The summed E-state index contributed by atoms with van der Waals surface area (Å²) in [5.41, 5.74) is 3.05. The summed E-state index contributed by atoms with van der Waals surface area (Å²) in [6, 6.07) is 14.7. The number of carbonyl (C=O) groups excluding carboxylic acids is 1. The summed E-state index contributed by atoms with van der Waals surface area (Å²) in [7, 11) is 1.57. The van der Waals surface area contributed by atoms with Crippen molar-refractivity contribution in [1.29, 1.82) is 0 Å². The number of oxazole rings is 1. The number of hydrogen-bond donors (Lipinski definition) is 2. The Labute approximate surface area is 115 Å². The number of hydrogen-bond acceptors (Lipinski definition) is 3. The van der Waals surface area contributed by atoms with Crippen LogP contribution >= 0.6 is 0 Å². The number of anilines is 1. The fourth-order valence-corrected chi connectivity index (χ4v) is 1.92. The number of carbonyl (C=O) groups is 1. The Balaban J connectivity index is 1.97. The smallest absolute Gasteiger partial charge is 0.318 e. The molecule has 2 amide bonds. The SMILES string of the molecule is CNC(=O)Nc1cccc(-c2nc3ccccc3o2)c1. The number of urea groups is 1. The van der Waals surface area contributed by atoms with Gasteiger partial charge in [-0.1, -0.05) is 18.2 Å². The molecular formula is C15H13N3O2. The van der Waals surface area contributed by atoms with Crippen molar-refractivity contribution < 1.29 is 9.21 Å². The minimum atomic E-state index is -0.264. The molecule has 0 aliphatic rings. The van der Waals surface area contributed by atoms with E-state index in [9.17, 15) is 4.79 Å². The summed E-state index contributed by atoms with van der Waals surface area (Å²) in [4.78, 5) is 15.7. The van der Waals surface area contributed by atoms with E-state index in [0.29, 0.717) is 11.6 Å². The topological polar surface area (TPSA) is 67.2 Å². The van der Waals surface area contributed by atoms with E-state index in [1.54, 1.807) is 13.1 Å². The van der Waals surface area contributed by atoms with Crippen LogP contribution in [0.5, 0.6) is 0 Å². The Morgan fingerprint density at radius 3 is 2.80 bits per heavy atom. The number of para-hydroxylation sites is 2. The standard InChI is InChI=1S/C15H13N3O2/c1-16-15(19)17-11-6-4-5-10(9-11)14-18-12-7-2-3-8-13(12)20-14/h2-9H,1H3,(H2,16,17,19). The van der Waals surface area contributed by atoms with E-state index in [2.05, 4.69) is 15.6 Å². The second kappa shape index (κ2) is 5.05. The Morgan fingerprint density at radius 1 is 1.15 bits per heavy atom. The third kappa shape index (κ3) is 2.33. The second-order valence-corrected chi connectivity index (χ2v) is 4.27. The quantitative estimate of drug-likeness (QED) is 0.749. The van der Waals surface area contributed by atoms with Crippen molar-refractivity contribution in [3.8, 4) is 11.5 Å². The molecule has 5 nitrogen and oxygen atoms in total. The molecule has 0 aliphatic heterocycles. The highest BCUT2D eigenvalue weighted by atomic mass is 16.3. The molecule has 0 fully saturated rings. The molecule has 2 aromatic carbocycles. The first-order valence-electron chi connectivity index (χ1n) is 6.21. The lowest BCUT2D eigenvalue weighted by Gasteiger charge is -2.04. The summed E-state index contributed by atoms with van der Waals surface area (Å²) in [6.07, 6.45) is 0. The van der Waals surface area contributed by atoms with Gasteiger partial charge in [0.2, 0.25) is 5.89 Å². The zero-order chi connectivity index (χ0) is 13.9. The Bertz CT molecular complexity index is 731. The lowest BCUT2D eigenvalue weighted by molar-refractivity contribution is 0.254. The molecule has 20 heavy (non-hydrogen) atoms. The Kier molecular flexibility index (Phi) is 3.09. The van der Waals surface area contributed by atoms with Gasteiger partial charge in [-0.05, 0) is 30.3 Å². The molecule has 0 spiro atoms. The molecule has 100 valence electrons. The molecule has 0 saturated carbocycles. The maximum absolute atomic E-state index is 11.3. The van der Waals surface area contributed by atoms with Crippen LogP contribution < -0.4 is 10.6 Å². The molecule has 3 aromatic rings. The molecule has 1 aromatic heterocycles. The summed E-state index contributed by atoms with van der Waals surface area (Å²) >= 11 is 0. The first kappa shape index (κ1) is 12.2. The number of benzene rings is 2. The van der Waals surface area contributed by atoms with E-state index >= 15 is 0 Å². The van der Waals surface area contributed by atoms with Crippen LogP contribution in [0.4, 0.5) is 10.5 Å². The maximum Gasteiger partial charge on any atom is 0.318 e. The molecule has 0 unspecified atom stereocenters. The molecule has 2 N–H and O–H groups in total. The molecule has 0 bridgehead atoms. The van der Waals surface area contributed by atoms with Crippen molar-refractivity contribution in [2.45, 2.75) is 0 Å². The third-order valence-corrected chi connectivity index (χ3v) is 2.89. The highest BCUT2D eigenvalue weighted by Gasteiger charge is 2.08. The predicted octanol–water partition coefficient (Wildman–Crippen LogP) is 3.25. The predicted molar refractivity (Wildman–Crippen MR) is 77.5 cm³/mol. The first-order chi connectivity index (χ1) is 9.76. The lowest BCUT2D eigenvalue weighted by atomic mass is 10.2. The summed E-state index contributed by atoms with van der Waals surface area (Å²) in [5.74, 6) is 0.534. The first-order valence-corrected chi connectivity index (χ1v) is 6.21. The second-order valence-electron chi connectivity index (χ2n) is 4.27. The Morgan fingerprint density at radius 2 is 2.00 bits per heavy atom. The average molecular weight is 267 g/mol. The van der Waals surface area contributed by atoms with E-state index in [0.717, 1.165) is 16.7 Å². The van der Waals surface area contributed by atoms with Gasteiger partial charge in [0.15, 0.2) is 5.58 Å². The fraction of sp³-hybridized carbons (Fsp3) is 0.0667. The number of fused-ring (bicyclic) bond motifs is 1. The van der Waals surface area contributed by atoms with Gasteiger partial charge in [0.25, 0.3) is 0 Å². The highest BCUT2D eigenvalue weighted by molar-refractivity contribution is 5.89. The van der Waals surface area contributed by atoms with E-state index in [1.165, 1.54) is 0 Å². The van der Waals surface area contributed by atoms with Gasteiger partial charge < -0.3 is 15.1 Å². The van der Waals surface area contributed by atoms with Crippen LogP contribution in [0.2, 0.25) is 0 Å². The van der Waals surface area contributed by atoms with Gasteiger partial charge in [-0.25, -0.2) is 9.78 Å². The molecular weight excluding hydrogens is 254 g/mol. The van der Waals surface area contributed by atoms with Crippen LogP contribution in [-0.2, 0) is 0 Å². The Hall–Kier alpha value is -2.82. The van der Waals surface area contributed by atoms with E-state index in [1.807, 2.05) is 42.5 Å². The van der Waals surface area contributed by atoms with Gasteiger partial charge in [0, 0.05) is 18.3 Å². The molecule has 0 radical (unpaired) electrons. The van der Waals surface area contributed by atoms with Crippen LogP contribution in [0, 0.1) is 0 Å². The normalized spacial score (nSPS) is 10.4. The van der Waals surface area contributed by atoms with Crippen LogP contribution in [-0.4, -0.2) is 18.1 Å². The van der Waals surface area contributed by atoms with E-state index in [-0.39, 0.29) is 6.03 Å². The zero-order valence-corrected chi connectivity index (χ0v) is 10.9. The highest BCUT2D eigenvalue weighted by Crippen LogP contribution is 2.25. The number of nitrogens with one attached hydrogen (secondary N) is 2. The molecule has 3 rings (SSSR count). The van der Waals surface area contributed by atoms with Crippen molar-refractivity contribution in [2.75, 3.05) is 12.4 Å². The van der Waals surface area contributed by atoms with Crippen molar-refractivity contribution in [3.63, 3.8) is 0 Å². The van der Waals surface area contributed by atoms with Crippen LogP contribution in [0.15, 0.2) is 52.9 Å². The average Bonchev–Trinajstić information content (AvgIpc) is 2.91.